The highest BCUT2D eigenvalue weighted by atomic mass is 16.5. The highest BCUT2D eigenvalue weighted by Crippen LogP contribution is 1.98. The van der Waals surface area contributed by atoms with Gasteiger partial charge in [0.1, 0.15) is 0 Å². The first-order chi connectivity index (χ1) is 5.20. The average Bonchev–Trinajstić information content (AvgIpc) is 2.01. The molecule has 0 amide bonds. The van der Waals surface area contributed by atoms with Gasteiger partial charge in [-0.3, -0.25) is 0 Å². The van der Waals surface area contributed by atoms with Gasteiger partial charge in [-0.25, -0.2) is 4.79 Å². The zero-order valence-corrected chi connectivity index (χ0v) is 7.20. The molecule has 0 N–H and O–H groups in total. The van der Waals surface area contributed by atoms with E-state index in [1.807, 2.05) is 26.0 Å². The predicted molar refractivity (Wildman–Crippen MR) is 45.1 cm³/mol. The molecular formula is C9H14O2. The average molecular weight is 154 g/mol. The highest BCUT2D eigenvalue weighted by molar-refractivity contribution is 5.81. The molecule has 1 atom stereocenters. The van der Waals surface area contributed by atoms with Crippen molar-refractivity contribution in [2.75, 3.05) is 7.11 Å². The van der Waals surface area contributed by atoms with Crippen LogP contribution in [-0.2, 0) is 9.53 Å². The molecule has 0 heterocycles. The van der Waals surface area contributed by atoms with Crippen molar-refractivity contribution in [3.63, 3.8) is 0 Å². The molecule has 0 aliphatic carbocycles. The first kappa shape index (κ1) is 9.95. The third-order valence-electron chi connectivity index (χ3n) is 1.23. The lowest BCUT2D eigenvalue weighted by Crippen LogP contribution is -1.95. The number of rotatable bonds is 3. The van der Waals surface area contributed by atoms with Crippen molar-refractivity contribution < 1.29 is 9.53 Å². The minimum Gasteiger partial charge on any atom is -0.466 e. The Balaban J connectivity index is 3.82. The Kier molecular flexibility index (Phi) is 5.17. The maximum atomic E-state index is 10.6. The number of methoxy groups -OCH3 is 1. The number of esters is 1. The van der Waals surface area contributed by atoms with Gasteiger partial charge in [-0.15, -0.1) is 0 Å². The number of ether oxygens (including phenoxy) is 1. The first-order valence-electron chi connectivity index (χ1n) is 3.59. The fourth-order valence-corrected chi connectivity index (χ4v) is 0.666. The summed E-state index contributed by atoms with van der Waals surface area (Å²) in [6, 6.07) is 0. The number of hydrogen-bond donors (Lipinski definition) is 0. The number of carbonyl (C=O) groups excluding carboxylic acids is 1. The molecule has 0 unspecified atom stereocenters. The van der Waals surface area contributed by atoms with Crippen molar-refractivity contribution in [3.8, 4) is 0 Å². The summed E-state index contributed by atoms with van der Waals surface area (Å²) >= 11 is 0. The Bertz CT molecular complexity index is 168. The van der Waals surface area contributed by atoms with Crippen LogP contribution in [0.5, 0.6) is 0 Å². The van der Waals surface area contributed by atoms with Crippen molar-refractivity contribution in [1.82, 2.24) is 0 Å². The Morgan fingerprint density at radius 3 is 2.55 bits per heavy atom. The van der Waals surface area contributed by atoms with E-state index in [2.05, 4.69) is 4.74 Å². The Morgan fingerprint density at radius 1 is 1.45 bits per heavy atom. The van der Waals surface area contributed by atoms with Gasteiger partial charge in [-0.05, 0) is 12.8 Å². The number of hydrogen-bond acceptors (Lipinski definition) is 2. The molecule has 0 aromatic heterocycles. The van der Waals surface area contributed by atoms with Gasteiger partial charge in [0.05, 0.1) is 7.11 Å². The van der Waals surface area contributed by atoms with E-state index >= 15 is 0 Å². The van der Waals surface area contributed by atoms with Crippen molar-refractivity contribution in [2.24, 2.45) is 5.92 Å². The number of allylic oxidation sites excluding steroid dienone is 3. The quantitative estimate of drug-likeness (QED) is 0.352. The predicted octanol–water partition coefficient (Wildman–Crippen LogP) is 1.93. The Labute approximate surface area is 67.6 Å². The molecule has 0 bridgehead atoms. The molecular weight excluding hydrogens is 140 g/mol. The maximum absolute atomic E-state index is 10.6. The van der Waals surface area contributed by atoms with E-state index in [1.54, 1.807) is 6.08 Å². The molecule has 0 saturated carbocycles. The molecule has 62 valence electrons. The molecule has 11 heavy (non-hydrogen) atoms. The summed E-state index contributed by atoms with van der Waals surface area (Å²) in [6.45, 7) is 3.95. The molecule has 0 rings (SSSR count). The van der Waals surface area contributed by atoms with Crippen LogP contribution in [0.3, 0.4) is 0 Å². The maximum Gasteiger partial charge on any atom is 0.330 e. The van der Waals surface area contributed by atoms with Gasteiger partial charge in [0, 0.05) is 6.08 Å². The monoisotopic (exact) mass is 154 g/mol. The molecule has 2 heteroatoms. The van der Waals surface area contributed by atoms with Gasteiger partial charge in [0.2, 0.25) is 0 Å². The zero-order chi connectivity index (χ0) is 8.69. The normalized spacial score (nSPS) is 14.1. The minimum atomic E-state index is -0.304. The molecule has 2 nitrogen and oxygen atoms in total. The number of carbonyl (C=O) groups is 1. The summed E-state index contributed by atoms with van der Waals surface area (Å²) in [7, 11) is 1.37. The van der Waals surface area contributed by atoms with Gasteiger partial charge < -0.3 is 4.74 Å². The zero-order valence-electron chi connectivity index (χ0n) is 7.20. The highest BCUT2D eigenvalue weighted by Gasteiger charge is 1.92. The van der Waals surface area contributed by atoms with Crippen molar-refractivity contribution in [3.05, 3.63) is 24.3 Å². The van der Waals surface area contributed by atoms with E-state index in [1.165, 1.54) is 13.2 Å². The summed E-state index contributed by atoms with van der Waals surface area (Å²) in [4.78, 5) is 10.6. The smallest absolute Gasteiger partial charge is 0.330 e. The van der Waals surface area contributed by atoms with Crippen molar-refractivity contribution >= 4 is 5.97 Å². The second kappa shape index (κ2) is 5.71. The Hall–Kier alpha value is -1.05. The van der Waals surface area contributed by atoms with Crippen LogP contribution in [0.25, 0.3) is 0 Å². The van der Waals surface area contributed by atoms with Gasteiger partial charge in [-0.2, -0.15) is 0 Å². The van der Waals surface area contributed by atoms with Crippen LogP contribution in [-0.4, -0.2) is 13.1 Å². The second-order valence-corrected chi connectivity index (χ2v) is 2.27. The van der Waals surface area contributed by atoms with E-state index < -0.39 is 0 Å². The summed E-state index contributed by atoms with van der Waals surface area (Å²) in [5.74, 6) is -0.0135. The van der Waals surface area contributed by atoms with Crippen LogP contribution in [0, 0.1) is 5.92 Å². The molecule has 0 radical (unpaired) electrons. The summed E-state index contributed by atoms with van der Waals surface area (Å²) in [5.41, 5.74) is 0. The molecule has 0 saturated heterocycles. The molecule has 0 aliphatic rings. The standard InChI is InChI=1S/C9H14O2/c1-4-5-8(2)6-7-9(10)11-3/h4-8H,1-3H3/b5-4-,7-6+/t8-/m1/s1. The lowest BCUT2D eigenvalue weighted by molar-refractivity contribution is -0.134. The van der Waals surface area contributed by atoms with E-state index in [-0.39, 0.29) is 5.97 Å². The van der Waals surface area contributed by atoms with Gasteiger partial charge in [-0.1, -0.05) is 25.2 Å². The first-order valence-corrected chi connectivity index (χ1v) is 3.59. The van der Waals surface area contributed by atoms with Crippen LogP contribution >= 0.6 is 0 Å². The van der Waals surface area contributed by atoms with E-state index in [0.29, 0.717) is 5.92 Å². The topological polar surface area (TPSA) is 26.3 Å². The summed E-state index contributed by atoms with van der Waals surface area (Å²) < 4.78 is 4.43. The SMILES string of the molecule is C/C=C\[C@@H](C)/C=C/C(=O)OC. The fourth-order valence-electron chi connectivity index (χ4n) is 0.666. The second-order valence-electron chi connectivity index (χ2n) is 2.27. The van der Waals surface area contributed by atoms with Crippen LogP contribution in [0.15, 0.2) is 24.3 Å². The molecule has 0 aromatic carbocycles. The van der Waals surface area contributed by atoms with Crippen molar-refractivity contribution in [2.45, 2.75) is 13.8 Å². The molecule has 0 spiro atoms. The van der Waals surface area contributed by atoms with Gasteiger partial charge >= 0.3 is 5.97 Å². The molecule has 0 fully saturated rings. The van der Waals surface area contributed by atoms with Gasteiger partial charge in [0.15, 0.2) is 0 Å². The third-order valence-corrected chi connectivity index (χ3v) is 1.23. The summed E-state index contributed by atoms with van der Waals surface area (Å²) in [5, 5.41) is 0. The van der Waals surface area contributed by atoms with E-state index in [0.717, 1.165) is 0 Å². The summed E-state index contributed by atoms with van der Waals surface area (Å²) in [6.07, 6.45) is 7.18. The fraction of sp³-hybridized carbons (Fsp3) is 0.444. The minimum absolute atomic E-state index is 0.291. The lowest BCUT2D eigenvalue weighted by atomic mass is 10.1. The van der Waals surface area contributed by atoms with Crippen LogP contribution in [0.1, 0.15) is 13.8 Å². The van der Waals surface area contributed by atoms with Crippen LogP contribution in [0.2, 0.25) is 0 Å². The van der Waals surface area contributed by atoms with Crippen LogP contribution < -0.4 is 0 Å². The van der Waals surface area contributed by atoms with Crippen LogP contribution in [0.4, 0.5) is 0 Å². The van der Waals surface area contributed by atoms with Crippen molar-refractivity contribution in [1.29, 1.82) is 0 Å². The molecule has 0 aliphatic heterocycles. The largest absolute Gasteiger partial charge is 0.466 e. The van der Waals surface area contributed by atoms with E-state index in [4.69, 9.17) is 0 Å². The lowest BCUT2D eigenvalue weighted by Gasteiger charge is -1.95. The third kappa shape index (κ3) is 5.40. The Morgan fingerprint density at radius 2 is 2.09 bits per heavy atom. The molecule has 0 aromatic rings. The van der Waals surface area contributed by atoms with Gasteiger partial charge in [0.25, 0.3) is 0 Å². The van der Waals surface area contributed by atoms with E-state index in [9.17, 15) is 4.79 Å².